The number of nitrogens with one attached hydrogen (secondary N) is 2. The van der Waals surface area contributed by atoms with Gasteiger partial charge in [-0.05, 0) is 31.2 Å². The van der Waals surface area contributed by atoms with Crippen LogP contribution >= 0.6 is 0 Å². The van der Waals surface area contributed by atoms with Gasteiger partial charge in [0.2, 0.25) is 11.8 Å². The topological polar surface area (TPSA) is 84.2 Å². The quantitative estimate of drug-likeness (QED) is 0.716. The van der Waals surface area contributed by atoms with Gasteiger partial charge in [-0.15, -0.1) is 0 Å². The van der Waals surface area contributed by atoms with Crippen LogP contribution < -0.4 is 16.4 Å². The van der Waals surface area contributed by atoms with E-state index < -0.39 is 0 Å². The summed E-state index contributed by atoms with van der Waals surface area (Å²) in [6.45, 7) is 0.617. The number of benzene rings is 1. The van der Waals surface area contributed by atoms with Crippen LogP contribution in [0.4, 0.5) is 0 Å². The highest BCUT2D eigenvalue weighted by Gasteiger charge is 2.27. The summed E-state index contributed by atoms with van der Waals surface area (Å²) in [6.07, 6.45) is 3.23. The fourth-order valence-corrected chi connectivity index (χ4v) is 2.62. The van der Waals surface area contributed by atoms with Crippen LogP contribution in [0.5, 0.6) is 0 Å². The van der Waals surface area contributed by atoms with Crippen molar-refractivity contribution in [3.05, 3.63) is 35.9 Å². The third-order valence-corrected chi connectivity index (χ3v) is 3.85. The minimum absolute atomic E-state index is 0.0304. The lowest BCUT2D eigenvalue weighted by Gasteiger charge is -2.11. The van der Waals surface area contributed by atoms with E-state index in [0.717, 1.165) is 25.7 Å². The zero-order valence-electron chi connectivity index (χ0n) is 12.2. The van der Waals surface area contributed by atoms with Gasteiger partial charge in [0.25, 0.3) is 0 Å². The Labute approximate surface area is 125 Å². The maximum absolute atomic E-state index is 11.8. The lowest BCUT2D eigenvalue weighted by Crippen LogP contribution is -2.40. The van der Waals surface area contributed by atoms with Gasteiger partial charge < -0.3 is 16.4 Å². The molecule has 21 heavy (non-hydrogen) atoms. The summed E-state index contributed by atoms with van der Waals surface area (Å²) >= 11 is 0. The van der Waals surface area contributed by atoms with Crippen LogP contribution in [0.2, 0.25) is 0 Å². The van der Waals surface area contributed by atoms with Crippen molar-refractivity contribution in [2.45, 2.75) is 31.7 Å². The zero-order chi connectivity index (χ0) is 15.1. The second-order valence-electron chi connectivity index (χ2n) is 5.57. The normalized spacial score (nSPS) is 21.0. The highest BCUT2D eigenvalue weighted by atomic mass is 16.2. The summed E-state index contributed by atoms with van der Waals surface area (Å²) in [5, 5.41) is 5.49. The van der Waals surface area contributed by atoms with E-state index in [9.17, 15) is 9.59 Å². The van der Waals surface area contributed by atoms with Crippen LogP contribution in [0.1, 0.15) is 24.8 Å². The summed E-state index contributed by atoms with van der Waals surface area (Å²) in [7, 11) is 0. The number of hydrogen-bond acceptors (Lipinski definition) is 3. The molecule has 114 valence electrons. The molecule has 1 saturated carbocycles. The second kappa shape index (κ2) is 7.78. The van der Waals surface area contributed by atoms with Gasteiger partial charge in [0.05, 0.1) is 6.54 Å². The van der Waals surface area contributed by atoms with Crippen molar-refractivity contribution >= 4 is 11.8 Å². The molecule has 1 aliphatic carbocycles. The van der Waals surface area contributed by atoms with Crippen LogP contribution in [-0.2, 0) is 16.0 Å². The van der Waals surface area contributed by atoms with E-state index in [2.05, 4.69) is 10.6 Å². The van der Waals surface area contributed by atoms with Crippen LogP contribution in [-0.4, -0.2) is 30.9 Å². The van der Waals surface area contributed by atoms with Gasteiger partial charge in [-0.25, -0.2) is 0 Å². The Kier molecular flexibility index (Phi) is 5.75. The molecule has 5 heteroatoms. The average molecular weight is 289 g/mol. The lowest BCUT2D eigenvalue weighted by atomic mass is 10.1. The molecule has 0 aromatic heterocycles. The molecule has 0 aliphatic heterocycles. The van der Waals surface area contributed by atoms with Crippen molar-refractivity contribution in [3.63, 3.8) is 0 Å². The second-order valence-corrected chi connectivity index (χ2v) is 5.57. The first-order valence-electron chi connectivity index (χ1n) is 7.49. The average Bonchev–Trinajstić information content (AvgIpc) is 2.92. The van der Waals surface area contributed by atoms with E-state index in [1.165, 1.54) is 5.56 Å². The number of nitrogens with two attached hydrogens (primary N) is 1. The van der Waals surface area contributed by atoms with Crippen LogP contribution in [0.3, 0.4) is 0 Å². The molecule has 2 rings (SSSR count). The van der Waals surface area contributed by atoms with E-state index in [4.69, 9.17) is 5.73 Å². The van der Waals surface area contributed by atoms with Crippen LogP contribution in [0.15, 0.2) is 30.3 Å². The number of hydrogen-bond donors (Lipinski definition) is 3. The summed E-state index contributed by atoms with van der Waals surface area (Å²) in [6, 6.07) is 10.1. The molecular weight excluding hydrogens is 266 g/mol. The van der Waals surface area contributed by atoms with E-state index in [-0.39, 0.29) is 30.3 Å². The molecule has 2 unspecified atom stereocenters. The SMILES string of the molecule is NC1CCC(C(=O)NCC(=O)NCCc2ccccc2)C1. The number of carbonyl (C=O) groups is 2. The van der Waals surface area contributed by atoms with E-state index >= 15 is 0 Å². The molecule has 0 radical (unpaired) electrons. The largest absolute Gasteiger partial charge is 0.354 e. The number of rotatable bonds is 6. The standard InChI is InChI=1S/C16H23N3O2/c17-14-7-6-13(10-14)16(21)19-11-15(20)18-9-8-12-4-2-1-3-5-12/h1-5,13-14H,6-11,17H2,(H,18,20)(H,19,21). The summed E-state index contributed by atoms with van der Waals surface area (Å²) in [5.41, 5.74) is 6.96. The van der Waals surface area contributed by atoms with Gasteiger partial charge in [0, 0.05) is 18.5 Å². The summed E-state index contributed by atoms with van der Waals surface area (Å²) < 4.78 is 0. The third kappa shape index (κ3) is 5.19. The van der Waals surface area contributed by atoms with Gasteiger partial charge in [-0.1, -0.05) is 30.3 Å². The predicted molar refractivity (Wildman–Crippen MR) is 81.5 cm³/mol. The minimum Gasteiger partial charge on any atom is -0.354 e. The van der Waals surface area contributed by atoms with Gasteiger partial charge in [0.1, 0.15) is 0 Å². The van der Waals surface area contributed by atoms with Crippen molar-refractivity contribution in [2.75, 3.05) is 13.1 Å². The van der Waals surface area contributed by atoms with Gasteiger partial charge in [0.15, 0.2) is 0 Å². The first kappa shape index (κ1) is 15.5. The number of amides is 2. The van der Waals surface area contributed by atoms with Crippen molar-refractivity contribution in [3.8, 4) is 0 Å². The Morgan fingerprint density at radius 2 is 1.90 bits per heavy atom. The molecule has 1 aliphatic rings. The molecule has 0 saturated heterocycles. The summed E-state index contributed by atoms with van der Waals surface area (Å²) in [5.74, 6) is -0.236. The van der Waals surface area contributed by atoms with Crippen LogP contribution in [0.25, 0.3) is 0 Å². The maximum atomic E-state index is 11.8. The Bertz CT molecular complexity index is 476. The molecule has 1 aromatic rings. The molecule has 0 bridgehead atoms. The van der Waals surface area contributed by atoms with Gasteiger partial charge in [-0.3, -0.25) is 9.59 Å². The van der Waals surface area contributed by atoms with E-state index in [1.807, 2.05) is 30.3 Å². The smallest absolute Gasteiger partial charge is 0.239 e. The predicted octanol–water partition coefficient (Wildman–Crippen LogP) is 0.589. The highest BCUT2D eigenvalue weighted by molar-refractivity contribution is 5.85. The molecular formula is C16H23N3O2. The third-order valence-electron chi connectivity index (χ3n) is 3.85. The highest BCUT2D eigenvalue weighted by Crippen LogP contribution is 2.23. The molecule has 4 N–H and O–H groups in total. The Morgan fingerprint density at radius 1 is 1.14 bits per heavy atom. The molecule has 2 amide bonds. The Balaban J connectivity index is 1.60. The number of carbonyl (C=O) groups excluding carboxylic acids is 2. The molecule has 2 atom stereocenters. The fraction of sp³-hybridized carbons (Fsp3) is 0.500. The Hall–Kier alpha value is -1.88. The fourth-order valence-electron chi connectivity index (χ4n) is 2.62. The van der Waals surface area contributed by atoms with Crippen LogP contribution in [0, 0.1) is 5.92 Å². The van der Waals surface area contributed by atoms with E-state index in [0.29, 0.717) is 6.54 Å². The maximum Gasteiger partial charge on any atom is 0.239 e. The summed E-state index contributed by atoms with van der Waals surface area (Å²) in [4.78, 5) is 23.5. The van der Waals surface area contributed by atoms with Crippen molar-refractivity contribution in [1.29, 1.82) is 0 Å². The monoisotopic (exact) mass is 289 g/mol. The molecule has 1 aromatic carbocycles. The lowest BCUT2D eigenvalue weighted by molar-refractivity contribution is -0.128. The molecule has 0 heterocycles. The minimum atomic E-state index is -0.151. The first-order chi connectivity index (χ1) is 10.1. The molecule has 5 nitrogen and oxygen atoms in total. The van der Waals surface area contributed by atoms with Crippen molar-refractivity contribution < 1.29 is 9.59 Å². The van der Waals surface area contributed by atoms with Crippen molar-refractivity contribution in [2.24, 2.45) is 11.7 Å². The van der Waals surface area contributed by atoms with E-state index in [1.54, 1.807) is 0 Å². The van der Waals surface area contributed by atoms with Gasteiger partial charge >= 0.3 is 0 Å². The molecule has 0 spiro atoms. The Morgan fingerprint density at radius 3 is 2.57 bits per heavy atom. The first-order valence-corrected chi connectivity index (χ1v) is 7.49. The van der Waals surface area contributed by atoms with Crippen molar-refractivity contribution in [1.82, 2.24) is 10.6 Å². The molecule has 1 fully saturated rings. The zero-order valence-corrected chi connectivity index (χ0v) is 12.2. The van der Waals surface area contributed by atoms with Gasteiger partial charge in [-0.2, -0.15) is 0 Å².